The fourth-order valence-electron chi connectivity index (χ4n) is 1.30. The smallest absolute Gasteiger partial charge is 0.144 e. The Kier molecular flexibility index (Phi) is 3.70. The van der Waals surface area contributed by atoms with Gasteiger partial charge in [0, 0.05) is 12.7 Å². The standard InChI is InChI=1S/C10H12IN5/c1-2-12-10-5-13-9(4-14-10)7-16-6-8(11)3-15-16/h3-6H,2,7H2,1H3,(H,12,14). The van der Waals surface area contributed by atoms with Gasteiger partial charge in [0.1, 0.15) is 5.82 Å². The number of halogens is 1. The number of anilines is 1. The zero-order valence-corrected chi connectivity index (χ0v) is 11.0. The van der Waals surface area contributed by atoms with Crippen LogP contribution in [-0.2, 0) is 6.54 Å². The second-order valence-electron chi connectivity index (χ2n) is 3.28. The Hall–Kier alpha value is -1.18. The molecule has 2 rings (SSSR count). The van der Waals surface area contributed by atoms with Crippen LogP contribution in [0.4, 0.5) is 5.82 Å². The van der Waals surface area contributed by atoms with Gasteiger partial charge in [0.05, 0.1) is 34.4 Å². The van der Waals surface area contributed by atoms with E-state index in [2.05, 4.69) is 43.0 Å². The molecule has 6 heteroatoms. The van der Waals surface area contributed by atoms with Gasteiger partial charge in [0.25, 0.3) is 0 Å². The van der Waals surface area contributed by atoms with Crippen molar-refractivity contribution in [3.8, 4) is 0 Å². The molecule has 0 aromatic carbocycles. The second-order valence-corrected chi connectivity index (χ2v) is 4.53. The van der Waals surface area contributed by atoms with E-state index in [9.17, 15) is 0 Å². The topological polar surface area (TPSA) is 55.6 Å². The van der Waals surface area contributed by atoms with Gasteiger partial charge in [0.15, 0.2) is 0 Å². The molecule has 0 aliphatic carbocycles. The molecule has 0 aliphatic rings. The van der Waals surface area contributed by atoms with Gasteiger partial charge >= 0.3 is 0 Å². The molecule has 0 unspecified atom stereocenters. The van der Waals surface area contributed by atoms with Crippen LogP contribution < -0.4 is 5.32 Å². The number of aromatic nitrogens is 4. The van der Waals surface area contributed by atoms with Crippen molar-refractivity contribution in [2.75, 3.05) is 11.9 Å². The lowest BCUT2D eigenvalue weighted by atomic mass is 10.4. The van der Waals surface area contributed by atoms with Gasteiger partial charge in [-0.1, -0.05) is 0 Å². The summed E-state index contributed by atoms with van der Waals surface area (Å²) in [5.74, 6) is 0.807. The average molecular weight is 329 g/mol. The first-order valence-corrected chi connectivity index (χ1v) is 6.08. The van der Waals surface area contributed by atoms with Crippen molar-refractivity contribution in [2.45, 2.75) is 13.5 Å². The van der Waals surface area contributed by atoms with E-state index in [0.717, 1.165) is 21.6 Å². The van der Waals surface area contributed by atoms with Gasteiger partial charge in [-0.15, -0.1) is 0 Å². The van der Waals surface area contributed by atoms with Crippen molar-refractivity contribution in [3.63, 3.8) is 0 Å². The molecule has 1 N–H and O–H groups in total. The summed E-state index contributed by atoms with van der Waals surface area (Å²) in [5.41, 5.74) is 0.904. The van der Waals surface area contributed by atoms with Crippen LogP contribution in [0.2, 0.25) is 0 Å². The molecular formula is C10H12IN5. The molecule has 0 aliphatic heterocycles. The van der Waals surface area contributed by atoms with E-state index < -0.39 is 0 Å². The highest BCUT2D eigenvalue weighted by atomic mass is 127. The van der Waals surface area contributed by atoms with Gasteiger partial charge < -0.3 is 5.32 Å². The minimum atomic E-state index is 0.655. The van der Waals surface area contributed by atoms with E-state index in [1.807, 2.05) is 24.0 Å². The molecule has 0 spiro atoms. The highest BCUT2D eigenvalue weighted by Gasteiger charge is 1.99. The molecule has 0 saturated heterocycles. The third-order valence-electron chi connectivity index (χ3n) is 1.99. The van der Waals surface area contributed by atoms with Crippen molar-refractivity contribution in [2.24, 2.45) is 0 Å². The van der Waals surface area contributed by atoms with E-state index in [1.165, 1.54) is 0 Å². The molecule has 0 radical (unpaired) electrons. The number of rotatable bonds is 4. The summed E-state index contributed by atoms with van der Waals surface area (Å²) in [6.45, 7) is 3.54. The zero-order chi connectivity index (χ0) is 11.4. The molecule has 16 heavy (non-hydrogen) atoms. The summed E-state index contributed by atoms with van der Waals surface area (Å²) in [7, 11) is 0. The Bertz CT molecular complexity index is 450. The first-order valence-electron chi connectivity index (χ1n) is 5.00. The van der Waals surface area contributed by atoms with Gasteiger partial charge in [-0.3, -0.25) is 9.67 Å². The number of hydrogen-bond acceptors (Lipinski definition) is 4. The molecule has 2 aromatic heterocycles. The molecule has 0 atom stereocenters. The molecule has 0 saturated carbocycles. The Balaban J connectivity index is 2.05. The summed E-state index contributed by atoms with van der Waals surface area (Å²) in [4.78, 5) is 8.57. The zero-order valence-electron chi connectivity index (χ0n) is 8.89. The predicted octanol–water partition coefficient (Wildman–Crippen LogP) is 1.76. The highest BCUT2D eigenvalue weighted by Crippen LogP contribution is 2.05. The summed E-state index contributed by atoms with van der Waals surface area (Å²) in [6, 6.07) is 0. The van der Waals surface area contributed by atoms with Crippen LogP contribution in [-0.4, -0.2) is 26.3 Å². The predicted molar refractivity (Wildman–Crippen MR) is 70.2 cm³/mol. The van der Waals surface area contributed by atoms with Crippen LogP contribution in [0.25, 0.3) is 0 Å². The SMILES string of the molecule is CCNc1cnc(Cn2cc(I)cn2)cn1. The lowest BCUT2D eigenvalue weighted by molar-refractivity contribution is 0.669. The Morgan fingerprint density at radius 1 is 1.31 bits per heavy atom. The van der Waals surface area contributed by atoms with Crippen LogP contribution in [0.3, 0.4) is 0 Å². The van der Waals surface area contributed by atoms with Crippen molar-refractivity contribution < 1.29 is 0 Å². The summed E-state index contributed by atoms with van der Waals surface area (Å²) < 4.78 is 2.97. The maximum atomic E-state index is 4.31. The van der Waals surface area contributed by atoms with Crippen molar-refractivity contribution in [1.82, 2.24) is 19.7 Å². The Labute approximate surface area is 107 Å². The molecule has 2 aromatic rings. The molecule has 0 bridgehead atoms. The van der Waals surface area contributed by atoms with E-state index in [4.69, 9.17) is 0 Å². The van der Waals surface area contributed by atoms with Crippen LogP contribution in [0.1, 0.15) is 12.6 Å². The van der Waals surface area contributed by atoms with Gasteiger partial charge in [0.2, 0.25) is 0 Å². The summed E-state index contributed by atoms with van der Waals surface area (Å²) in [5, 5.41) is 7.30. The van der Waals surface area contributed by atoms with E-state index in [1.54, 1.807) is 12.4 Å². The van der Waals surface area contributed by atoms with Gasteiger partial charge in [-0.2, -0.15) is 5.10 Å². The largest absolute Gasteiger partial charge is 0.369 e. The highest BCUT2D eigenvalue weighted by molar-refractivity contribution is 14.1. The Morgan fingerprint density at radius 3 is 2.75 bits per heavy atom. The Morgan fingerprint density at radius 2 is 2.19 bits per heavy atom. The summed E-state index contributed by atoms with van der Waals surface area (Å²) >= 11 is 2.23. The van der Waals surface area contributed by atoms with E-state index in [0.29, 0.717) is 6.54 Å². The van der Waals surface area contributed by atoms with Crippen molar-refractivity contribution in [3.05, 3.63) is 34.1 Å². The number of nitrogens with zero attached hydrogens (tertiary/aromatic N) is 4. The van der Waals surface area contributed by atoms with Crippen LogP contribution in [0.15, 0.2) is 24.8 Å². The van der Waals surface area contributed by atoms with Crippen molar-refractivity contribution in [1.29, 1.82) is 0 Å². The van der Waals surface area contributed by atoms with Crippen LogP contribution >= 0.6 is 22.6 Å². The fraction of sp³-hybridized carbons (Fsp3) is 0.300. The van der Waals surface area contributed by atoms with Gasteiger partial charge in [-0.25, -0.2) is 4.98 Å². The quantitative estimate of drug-likeness (QED) is 0.869. The van der Waals surface area contributed by atoms with Crippen LogP contribution in [0, 0.1) is 3.57 Å². The molecule has 84 valence electrons. The number of nitrogens with one attached hydrogen (secondary N) is 1. The number of hydrogen-bond donors (Lipinski definition) is 1. The maximum Gasteiger partial charge on any atom is 0.144 e. The minimum Gasteiger partial charge on any atom is -0.369 e. The molecule has 2 heterocycles. The monoisotopic (exact) mass is 329 g/mol. The second kappa shape index (κ2) is 5.24. The van der Waals surface area contributed by atoms with Crippen molar-refractivity contribution >= 4 is 28.4 Å². The fourth-order valence-corrected chi connectivity index (χ4v) is 1.75. The minimum absolute atomic E-state index is 0.655. The normalized spacial score (nSPS) is 10.4. The summed E-state index contributed by atoms with van der Waals surface area (Å²) in [6.07, 6.45) is 7.31. The molecule has 5 nitrogen and oxygen atoms in total. The molecular weight excluding hydrogens is 317 g/mol. The lowest BCUT2D eigenvalue weighted by Crippen LogP contribution is -2.05. The van der Waals surface area contributed by atoms with E-state index in [-0.39, 0.29) is 0 Å². The third-order valence-corrected chi connectivity index (χ3v) is 2.55. The first-order chi connectivity index (χ1) is 7.78. The molecule has 0 fully saturated rings. The average Bonchev–Trinajstić information content (AvgIpc) is 2.67. The first kappa shape index (κ1) is 11.3. The molecule has 0 amide bonds. The van der Waals surface area contributed by atoms with E-state index >= 15 is 0 Å². The van der Waals surface area contributed by atoms with Gasteiger partial charge in [-0.05, 0) is 29.5 Å². The maximum absolute atomic E-state index is 4.31. The third kappa shape index (κ3) is 2.91. The van der Waals surface area contributed by atoms with Crippen LogP contribution in [0.5, 0.6) is 0 Å². The lowest BCUT2D eigenvalue weighted by Gasteiger charge is -2.03.